The maximum atomic E-state index is 13.2. The van der Waals surface area contributed by atoms with Crippen LogP contribution in [0.3, 0.4) is 0 Å². The molecular formula is C22H25N5O2S. The molecule has 1 saturated heterocycles. The number of benzene rings is 2. The predicted molar refractivity (Wildman–Crippen MR) is 118 cm³/mol. The average Bonchev–Trinajstić information content (AvgIpc) is 3.44. The van der Waals surface area contributed by atoms with Gasteiger partial charge in [0.15, 0.2) is 5.82 Å². The lowest BCUT2D eigenvalue weighted by atomic mass is 10.1. The van der Waals surface area contributed by atoms with Crippen molar-refractivity contribution in [1.29, 1.82) is 0 Å². The van der Waals surface area contributed by atoms with E-state index < -0.39 is 5.25 Å². The Morgan fingerprint density at radius 2 is 1.80 bits per heavy atom. The van der Waals surface area contributed by atoms with E-state index in [2.05, 4.69) is 10.2 Å². The van der Waals surface area contributed by atoms with E-state index in [1.54, 1.807) is 0 Å². The van der Waals surface area contributed by atoms with Gasteiger partial charge in [-0.25, -0.2) is 4.68 Å². The highest BCUT2D eigenvalue weighted by molar-refractivity contribution is 8.00. The fraction of sp³-hybridized carbons (Fsp3) is 0.318. The van der Waals surface area contributed by atoms with Crippen LogP contribution >= 0.6 is 11.8 Å². The van der Waals surface area contributed by atoms with Gasteiger partial charge in [-0.15, -0.1) is 10.2 Å². The molecular weight excluding hydrogens is 398 g/mol. The van der Waals surface area contributed by atoms with Gasteiger partial charge in [0.1, 0.15) is 11.0 Å². The van der Waals surface area contributed by atoms with Crippen LogP contribution in [-0.4, -0.2) is 45.4 Å². The number of aromatic nitrogens is 3. The first kappa shape index (κ1) is 20.3. The Morgan fingerprint density at radius 1 is 1.10 bits per heavy atom. The number of amides is 1. The summed E-state index contributed by atoms with van der Waals surface area (Å²) in [5, 5.41) is 8.63. The van der Waals surface area contributed by atoms with Gasteiger partial charge in [0.2, 0.25) is 11.1 Å². The van der Waals surface area contributed by atoms with E-state index in [0.717, 1.165) is 42.8 Å². The van der Waals surface area contributed by atoms with Crippen molar-refractivity contribution < 1.29 is 9.53 Å². The third kappa shape index (κ3) is 4.28. The fourth-order valence-electron chi connectivity index (χ4n) is 3.52. The van der Waals surface area contributed by atoms with Gasteiger partial charge in [0.25, 0.3) is 0 Å². The second kappa shape index (κ2) is 9.21. The van der Waals surface area contributed by atoms with Crippen molar-refractivity contribution in [3.63, 3.8) is 0 Å². The average molecular weight is 424 g/mol. The number of hydrogen-bond donors (Lipinski definition) is 1. The van der Waals surface area contributed by atoms with Crippen LogP contribution in [0.15, 0.2) is 59.8 Å². The monoisotopic (exact) mass is 423 g/mol. The molecule has 3 aromatic rings. The molecule has 1 aliphatic heterocycles. The minimum absolute atomic E-state index is 0.0920. The molecule has 1 fully saturated rings. The summed E-state index contributed by atoms with van der Waals surface area (Å²) in [6.45, 7) is 4.16. The van der Waals surface area contributed by atoms with Crippen LogP contribution in [0.2, 0.25) is 0 Å². The molecule has 2 heterocycles. The number of nitrogen functional groups attached to an aromatic ring is 1. The fourth-order valence-corrected chi connectivity index (χ4v) is 4.56. The minimum atomic E-state index is -0.413. The van der Waals surface area contributed by atoms with Crippen molar-refractivity contribution >= 4 is 17.7 Å². The zero-order valence-corrected chi connectivity index (χ0v) is 17.7. The Kier molecular flexibility index (Phi) is 6.23. The molecule has 4 rings (SSSR count). The first-order chi connectivity index (χ1) is 14.7. The van der Waals surface area contributed by atoms with E-state index in [-0.39, 0.29) is 5.91 Å². The zero-order valence-electron chi connectivity index (χ0n) is 16.9. The molecule has 1 amide bonds. The first-order valence-corrected chi connectivity index (χ1v) is 11.0. The standard InChI is InChI=1S/C22H25N5O2S/c1-2-29-18-12-10-17(11-13-18)20-24-25-22(27(20)23)30-19(16-8-4-3-5-9-16)21(28)26-14-6-7-15-26/h3-5,8-13,19H,2,6-7,14-15,23H2,1H3/t19-/m1/s1. The Bertz CT molecular complexity index is 985. The van der Waals surface area contributed by atoms with Gasteiger partial charge in [-0.05, 0) is 49.6 Å². The van der Waals surface area contributed by atoms with E-state index in [1.807, 2.05) is 66.4 Å². The van der Waals surface area contributed by atoms with E-state index >= 15 is 0 Å². The molecule has 7 nitrogen and oxygen atoms in total. The number of thioether (sulfide) groups is 1. The molecule has 0 spiro atoms. The van der Waals surface area contributed by atoms with Gasteiger partial charge in [-0.1, -0.05) is 42.1 Å². The van der Waals surface area contributed by atoms with Gasteiger partial charge in [0, 0.05) is 18.7 Å². The van der Waals surface area contributed by atoms with E-state index in [0.29, 0.717) is 17.6 Å². The molecule has 1 aliphatic rings. The van der Waals surface area contributed by atoms with Crippen LogP contribution in [0.4, 0.5) is 0 Å². The third-order valence-corrected chi connectivity index (χ3v) is 6.25. The summed E-state index contributed by atoms with van der Waals surface area (Å²) in [5.41, 5.74) is 1.77. The molecule has 0 bridgehead atoms. The Labute approximate surface area is 180 Å². The van der Waals surface area contributed by atoms with Gasteiger partial charge < -0.3 is 15.5 Å². The van der Waals surface area contributed by atoms with Crippen molar-refractivity contribution in [3.8, 4) is 17.1 Å². The molecule has 30 heavy (non-hydrogen) atoms. The smallest absolute Gasteiger partial charge is 0.240 e. The van der Waals surface area contributed by atoms with Crippen LogP contribution in [0.25, 0.3) is 11.4 Å². The highest BCUT2D eigenvalue weighted by Crippen LogP contribution is 2.37. The predicted octanol–water partition coefficient (Wildman–Crippen LogP) is 3.51. The Balaban J connectivity index is 1.59. The molecule has 2 N–H and O–H groups in total. The van der Waals surface area contributed by atoms with Crippen molar-refractivity contribution in [1.82, 2.24) is 19.8 Å². The van der Waals surface area contributed by atoms with Crippen molar-refractivity contribution in [2.45, 2.75) is 30.2 Å². The second-order valence-corrected chi connectivity index (χ2v) is 8.15. The number of nitrogens with zero attached hydrogens (tertiary/aromatic N) is 4. The molecule has 2 aromatic carbocycles. The maximum Gasteiger partial charge on any atom is 0.240 e. The summed E-state index contributed by atoms with van der Waals surface area (Å²) in [5.74, 6) is 7.75. The lowest BCUT2D eigenvalue weighted by Gasteiger charge is -2.22. The molecule has 0 saturated carbocycles. The minimum Gasteiger partial charge on any atom is -0.494 e. The van der Waals surface area contributed by atoms with Gasteiger partial charge in [0.05, 0.1) is 6.61 Å². The maximum absolute atomic E-state index is 13.2. The summed E-state index contributed by atoms with van der Waals surface area (Å²) >= 11 is 1.34. The summed E-state index contributed by atoms with van der Waals surface area (Å²) in [6, 6.07) is 17.3. The lowest BCUT2D eigenvalue weighted by Crippen LogP contribution is -2.31. The Hall–Kier alpha value is -3.00. The number of likely N-dealkylation sites (tertiary alicyclic amines) is 1. The molecule has 8 heteroatoms. The summed E-state index contributed by atoms with van der Waals surface area (Å²) < 4.78 is 6.94. The zero-order chi connectivity index (χ0) is 20.9. The van der Waals surface area contributed by atoms with Crippen molar-refractivity contribution in [2.75, 3.05) is 25.5 Å². The van der Waals surface area contributed by atoms with E-state index in [4.69, 9.17) is 10.6 Å². The normalized spacial score (nSPS) is 14.6. The highest BCUT2D eigenvalue weighted by Gasteiger charge is 2.30. The van der Waals surface area contributed by atoms with Crippen LogP contribution < -0.4 is 10.6 Å². The van der Waals surface area contributed by atoms with E-state index in [1.165, 1.54) is 16.4 Å². The van der Waals surface area contributed by atoms with Crippen LogP contribution in [0.5, 0.6) is 5.75 Å². The van der Waals surface area contributed by atoms with Crippen LogP contribution in [0.1, 0.15) is 30.6 Å². The largest absolute Gasteiger partial charge is 0.494 e. The van der Waals surface area contributed by atoms with Gasteiger partial charge in [-0.3, -0.25) is 4.79 Å². The number of hydrogen-bond acceptors (Lipinski definition) is 6. The molecule has 1 aromatic heterocycles. The molecule has 0 aliphatic carbocycles. The Morgan fingerprint density at radius 3 is 2.47 bits per heavy atom. The molecule has 0 radical (unpaired) electrons. The van der Waals surface area contributed by atoms with Crippen molar-refractivity contribution in [3.05, 3.63) is 60.2 Å². The lowest BCUT2D eigenvalue weighted by molar-refractivity contribution is -0.129. The number of nitrogens with two attached hydrogens (primary N) is 1. The molecule has 156 valence electrons. The highest BCUT2D eigenvalue weighted by atomic mass is 32.2. The van der Waals surface area contributed by atoms with Crippen LogP contribution in [0, 0.1) is 0 Å². The molecule has 1 atom stereocenters. The van der Waals surface area contributed by atoms with Gasteiger partial charge >= 0.3 is 0 Å². The number of ether oxygens (including phenoxy) is 1. The first-order valence-electron chi connectivity index (χ1n) is 10.1. The van der Waals surface area contributed by atoms with Crippen LogP contribution in [-0.2, 0) is 4.79 Å². The second-order valence-electron chi connectivity index (χ2n) is 7.07. The third-order valence-electron chi connectivity index (χ3n) is 5.06. The van der Waals surface area contributed by atoms with Gasteiger partial charge in [-0.2, -0.15) is 0 Å². The summed E-state index contributed by atoms with van der Waals surface area (Å²) in [7, 11) is 0. The SMILES string of the molecule is CCOc1ccc(-c2nnc(S[C@@H](C(=O)N3CCCC3)c3ccccc3)n2N)cc1. The number of rotatable bonds is 7. The summed E-state index contributed by atoms with van der Waals surface area (Å²) in [4.78, 5) is 15.2. The van der Waals surface area contributed by atoms with Crippen molar-refractivity contribution in [2.24, 2.45) is 0 Å². The quantitative estimate of drug-likeness (QED) is 0.462. The van der Waals surface area contributed by atoms with E-state index in [9.17, 15) is 4.79 Å². The topological polar surface area (TPSA) is 86.3 Å². The summed E-state index contributed by atoms with van der Waals surface area (Å²) in [6.07, 6.45) is 2.10. The number of carbonyl (C=O) groups excluding carboxylic acids is 1. The molecule has 0 unspecified atom stereocenters. The number of carbonyl (C=O) groups is 1.